The van der Waals surface area contributed by atoms with Crippen molar-refractivity contribution in [1.29, 1.82) is 0 Å². The molecule has 2 aromatic carbocycles. The van der Waals surface area contributed by atoms with Crippen LogP contribution in [0.2, 0.25) is 5.02 Å². The maximum atomic E-state index is 12.3. The van der Waals surface area contributed by atoms with Crippen molar-refractivity contribution in [3.8, 4) is 0 Å². The van der Waals surface area contributed by atoms with E-state index in [4.69, 9.17) is 11.6 Å². The SMILES string of the molecule is CN=C(NCCS(=O)(=O)c1ccccc1)N(C)Cc1ccc(Cl)cc1. The number of hydrogen-bond acceptors (Lipinski definition) is 3. The summed E-state index contributed by atoms with van der Waals surface area (Å²) in [7, 11) is 0.267. The smallest absolute Gasteiger partial charge is 0.193 e. The Hall–Kier alpha value is -2.05. The quantitative estimate of drug-likeness (QED) is 0.619. The van der Waals surface area contributed by atoms with Crippen LogP contribution in [-0.4, -0.2) is 45.7 Å². The van der Waals surface area contributed by atoms with Gasteiger partial charge in [0.25, 0.3) is 0 Å². The first-order chi connectivity index (χ1) is 11.9. The Balaban J connectivity index is 1.90. The molecule has 0 saturated carbocycles. The highest BCUT2D eigenvalue weighted by atomic mass is 35.5. The first-order valence-electron chi connectivity index (χ1n) is 7.86. The predicted octanol–water partition coefficient (Wildman–Crippen LogP) is 2.82. The number of benzene rings is 2. The van der Waals surface area contributed by atoms with Crippen LogP contribution in [0.15, 0.2) is 64.5 Å². The van der Waals surface area contributed by atoms with Crippen LogP contribution in [-0.2, 0) is 16.4 Å². The molecule has 0 heterocycles. The number of guanidine groups is 1. The first kappa shape index (κ1) is 19.3. The van der Waals surface area contributed by atoms with Crippen molar-refractivity contribution in [3.63, 3.8) is 0 Å². The Kier molecular flexibility index (Phi) is 6.84. The van der Waals surface area contributed by atoms with Crippen LogP contribution in [0.1, 0.15) is 5.56 Å². The molecule has 0 radical (unpaired) electrons. The molecule has 0 atom stereocenters. The van der Waals surface area contributed by atoms with Gasteiger partial charge in [0.2, 0.25) is 0 Å². The van der Waals surface area contributed by atoms with Gasteiger partial charge in [-0.3, -0.25) is 4.99 Å². The highest BCUT2D eigenvalue weighted by Crippen LogP contribution is 2.11. The van der Waals surface area contributed by atoms with Gasteiger partial charge < -0.3 is 10.2 Å². The maximum absolute atomic E-state index is 12.3. The van der Waals surface area contributed by atoms with E-state index in [-0.39, 0.29) is 12.3 Å². The molecule has 7 heteroatoms. The molecule has 0 unspecified atom stereocenters. The van der Waals surface area contributed by atoms with E-state index in [1.54, 1.807) is 37.4 Å². The maximum Gasteiger partial charge on any atom is 0.193 e. The molecule has 0 fully saturated rings. The summed E-state index contributed by atoms with van der Waals surface area (Å²) in [4.78, 5) is 6.47. The lowest BCUT2D eigenvalue weighted by atomic mass is 10.2. The summed E-state index contributed by atoms with van der Waals surface area (Å²) < 4.78 is 24.6. The molecule has 2 rings (SSSR count). The lowest BCUT2D eigenvalue weighted by Gasteiger charge is -2.22. The summed E-state index contributed by atoms with van der Waals surface area (Å²) in [6.45, 7) is 0.928. The Morgan fingerprint density at radius 3 is 2.36 bits per heavy atom. The van der Waals surface area contributed by atoms with Crippen molar-refractivity contribution in [3.05, 3.63) is 65.2 Å². The average Bonchev–Trinajstić information content (AvgIpc) is 2.61. The molecule has 2 aromatic rings. The Labute approximate surface area is 154 Å². The van der Waals surface area contributed by atoms with E-state index in [1.165, 1.54) is 0 Å². The number of halogens is 1. The van der Waals surface area contributed by atoms with Crippen LogP contribution in [0, 0.1) is 0 Å². The molecule has 0 saturated heterocycles. The van der Waals surface area contributed by atoms with Crippen LogP contribution < -0.4 is 5.32 Å². The zero-order chi connectivity index (χ0) is 18.3. The van der Waals surface area contributed by atoms with Gasteiger partial charge in [-0.2, -0.15) is 0 Å². The molecule has 0 bridgehead atoms. The molecule has 0 aromatic heterocycles. The molecule has 0 amide bonds. The van der Waals surface area contributed by atoms with E-state index >= 15 is 0 Å². The van der Waals surface area contributed by atoms with Crippen molar-refractivity contribution < 1.29 is 8.42 Å². The van der Waals surface area contributed by atoms with Crippen molar-refractivity contribution in [1.82, 2.24) is 10.2 Å². The summed E-state index contributed by atoms with van der Waals surface area (Å²) in [6, 6.07) is 16.0. The topological polar surface area (TPSA) is 61.8 Å². The largest absolute Gasteiger partial charge is 0.355 e. The van der Waals surface area contributed by atoms with Crippen molar-refractivity contribution in [2.24, 2.45) is 4.99 Å². The molecular formula is C18H22ClN3O2S. The molecule has 0 aliphatic carbocycles. The first-order valence-corrected chi connectivity index (χ1v) is 9.89. The molecule has 0 spiro atoms. The second-order valence-electron chi connectivity index (χ2n) is 5.59. The highest BCUT2D eigenvalue weighted by molar-refractivity contribution is 7.91. The van der Waals surface area contributed by atoms with Crippen LogP contribution in [0.25, 0.3) is 0 Å². The fraction of sp³-hybridized carbons (Fsp3) is 0.278. The monoisotopic (exact) mass is 379 g/mol. The molecular weight excluding hydrogens is 358 g/mol. The van der Waals surface area contributed by atoms with Gasteiger partial charge in [-0.15, -0.1) is 0 Å². The summed E-state index contributed by atoms with van der Waals surface area (Å²) >= 11 is 5.89. The van der Waals surface area contributed by atoms with Gasteiger partial charge in [0, 0.05) is 32.2 Å². The summed E-state index contributed by atoms with van der Waals surface area (Å²) in [5.41, 5.74) is 1.09. The second kappa shape index (κ2) is 8.87. The minimum Gasteiger partial charge on any atom is -0.355 e. The number of sulfone groups is 1. The van der Waals surface area contributed by atoms with Crippen molar-refractivity contribution >= 4 is 27.4 Å². The van der Waals surface area contributed by atoms with E-state index in [0.29, 0.717) is 22.4 Å². The Morgan fingerprint density at radius 2 is 1.76 bits per heavy atom. The summed E-state index contributed by atoms with van der Waals surface area (Å²) in [5.74, 6) is 0.642. The van der Waals surface area contributed by atoms with Gasteiger partial charge in [-0.25, -0.2) is 8.42 Å². The molecule has 134 valence electrons. The standard InChI is InChI=1S/C18H22ClN3O2S/c1-20-18(22(2)14-15-8-10-16(19)11-9-15)21-12-13-25(23,24)17-6-4-3-5-7-17/h3-11H,12-14H2,1-2H3,(H,20,21). The summed E-state index contributed by atoms with van der Waals surface area (Å²) in [6.07, 6.45) is 0. The lowest BCUT2D eigenvalue weighted by molar-refractivity contribution is 0.478. The third-order valence-electron chi connectivity index (χ3n) is 3.66. The number of rotatable bonds is 6. The number of nitrogens with zero attached hydrogens (tertiary/aromatic N) is 2. The van der Waals surface area contributed by atoms with Crippen LogP contribution in [0.3, 0.4) is 0 Å². The Morgan fingerprint density at radius 1 is 1.12 bits per heavy atom. The normalized spacial score (nSPS) is 12.0. The minimum atomic E-state index is -3.30. The zero-order valence-electron chi connectivity index (χ0n) is 14.3. The van der Waals surface area contributed by atoms with Gasteiger partial charge in [-0.1, -0.05) is 41.9 Å². The average molecular weight is 380 g/mol. The van der Waals surface area contributed by atoms with Crippen molar-refractivity contribution in [2.75, 3.05) is 26.4 Å². The summed E-state index contributed by atoms with van der Waals surface area (Å²) in [5, 5.41) is 3.79. The number of hydrogen-bond donors (Lipinski definition) is 1. The molecule has 5 nitrogen and oxygen atoms in total. The minimum absolute atomic E-state index is 0.00478. The third-order valence-corrected chi connectivity index (χ3v) is 5.65. The van der Waals surface area contributed by atoms with E-state index in [9.17, 15) is 8.42 Å². The number of nitrogens with one attached hydrogen (secondary N) is 1. The zero-order valence-corrected chi connectivity index (χ0v) is 15.9. The fourth-order valence-electron chi connectivity index (χ4n) is 2.37. The van der Waals surface area contributed by atoms with Crippen molar-refractivity contribution in [2.45, 2.75) is 11.4 Å². The van der Waals surface area contributed by atoms with E-state index < -0.39 is 9.84 Å². The van der Waals surface area contributed by atoms with E-state index in [1.807, 2.05) is 36.2 Å². The van der Waals surface area contributed by atoms with E-state index in [0.717, 1.165) is 5.56 Å². The molecule has 0 aliphatic heterocycles. The predicted molar refractivity (Wildman–Crippen MR) is 103 cm³/mol. The van der Waals surface area contributed by atoms with E-state index in [2.05, 4.69) is 10.3 Å². The fourth-order valence-corrected chi connectivity index (χ4v) is 3.67. The van der Waals surface area contributed by atoms with Crippen LogP contribution in [0.4, 0.5) is 0 Å². The third kappa shape index (κ3) is 5.76. The van der Waals surface area contributed by atoms with Crippen LogP contribution in [0.5, 0.6) is 0 Å². The van der Waals surface area contributed by atoms with Gasteiger partial charge in [0.15, 0.2) is 15.8 Å². The highest BCUT2D eigenvalue weighted by Gasteiger charge is 2.14. The lowest BCUT2D eigenvalue weighted by Crippen LogP contribution is -2.40. The van der Waals surface area contributed by atoms with Gasteiger partial charge in [0.05, 0.1) is 10.6 Å². The molecule has 0 aliphatic rings. The van der Waals surface area contributed by atoms with Gasteiger partial charge >= 0.3 is 0 Å². The molecule has 25 heavy (non-hydrogen) atoms. The second-order valence-corrected chi connectivity index (χ2v) is 8.13. The van der Waals surface area contributed by atoms with Gasteiger partial charge in [-0.05, 0) is 29.8 Å². The Bertz CT molecular complexity index is 806. The van der Waals surface area contributed by atoms with Crippen LogP contribution >= 0.6 is 11.6 Å². The van der Waals surface area contributed by atoms with Gasteiger partial charge in [0.1, 0.15) is 0 Å². The molecule has 1 N–H and O–H groups in total. The number of aliphatic imine (C=N–C) groups is 1.